The van der Waals surface area contributed by atoms with E-state index in [1.165, 1.54) is 48.4 Å². The summed E-state index contributed by atoms with van der Waals surface area (Å²) < 4.78 is 0. The van der Waals surface area contributed by atoms with Crippen LogP contribution >= 0.6 is 0 Å². The number of pyridine rings is 1. The number of nitrogens with zero attached hydrogens (tertiary/aromatic N) is 1. The number of hydrogen-bond donors (Lipinski definition) is 1. The van der Waals surface area contributed by atoms with Crippen molar-refractivity contribution >= 4 is 10.8 Å². The van der Waals surface area contributed by atoms with E-state index >= 15 is 0 Å². The van der Waals surface area contributed by atoms with Crippen LogP contribution in [0.5, 0.6) is 0 Å². The molecule has 1 heterocycles. The van der Waals surface area contributed by atoms with Gasteiger partial charge in [-0.2, -0.15) is 0 Å². The van der Waals surface area contributed by atoms with Crippen LogP contribution in [0, 0.1) is 0 Å². The summed E-state index contributed by atoms with van der Waals surface area (Å²) in [6.45, 7) is 2.24. The van der Waals surface area contributed by atoms with Crippen LogP contribution in [0.15, 0.2) is 36.7 Å². The molecule has 19 heavy (non-hydrogen) atoms. The second kappa shape index (κ2) is 7.25. The molecule has 0 fully saturated rings. The fourth-order valence-corrected chi connectivity index (χ4v) is 2.58. The van der Waals surface area contributed by atoms with E-state index < -0.39 is 0 Å². The second-order valence-electron chi connectivity index (χ2n) is 5.25. The van der Waals surface area contributed by atoms with E-state index in [1.807, 2.05) is 18.5 Å². The van der Waals surface area contributed by atoms with Crippen molar-refractivity contribution in [3.05, 3.63) is 42.2 Å². The van der Waals surface area contributed by atoms with Crippen molar-refractivity contribution in [2.45, 2.75) is 51.5 Å². The van der Waals surface area contributed by atoms with Gasteiger partial charge in [-0.05, 0) is 23.4 Å². The van der Waals surface area contributed by atoms with Crippen LogP contribution in [0.2, 0.25) is 0 Å². The molecule has 0 bridgehead atoms. The highest BCUT2D eigenvalue weighted by Gasteiger charge is 2.09. The number of unbranched alkanes of at least 4 members (excludes halogenated alkanes) is 4. The minimum Gasteiger partial charge on any atom is -0.324 e. The first-order chi connectivity index (χ1) is 9.33. The van der Waals surface area contributed by atoms with Gasteiger partial charge in [0, 0.05) is 23.8 Å². The average molecular weight is 256 g/mol. The lowest BCUT2D eigenvalue weighted by Crippen LogP contribution is -2.10. The Labute approximate surface area is 116 Å². The molecule has 0 amide bonds. The molecule has 1 aromatic heterocycles. The van der Waals surface area contributed by atoms with Crippen LogP contribution in [0.4, 0.5) is 0 Å². The normalized spacial score (nSPS) is 12.7. The van der Waals surface area contributed by atoms with Gasteiger partial charge in [-0.1, -0.05) is 57.2 Å². The van der Waals surface area contributed by atoms with Crippen molar-refractivity contribution in [1.29, 1.82) is 0 Å². The van der Waals surface area contributed by atoms with Crippen LogP contribution in [-0.4, -0.2) is 4.98 Å². The molecule has 2 rings (SSSR count). The Bertz CT molecular complexity index is 502. The maximum atomic E-state index is 6.35. The van der Waals surface area contributed by atoms with Gasteiger partial charge in [0.05, 0.1) is 0 Å². The van der Waals surface area contributed by atoms with E-state index in [0.717, 1.165) is 6.42 Å². The van der Waals surface area contributed by atoms with Gasteiger partial charge < -0.3 is 5.73 Å². The van der Waals surface area contributed by atoms with Crippen molar-refractivity contribution in [2.24, 2.45) is 5.73 Å². The molecule has 0 aliphatic carbocycles. The van der Waals surface area contributed by atoms with Gasteiger partial charge in [0.25, 0.3) is 0 Å². The summed E-state index contributed by atoms with van der Waals surface area (Å²) >= 11 is 0. The Morgan fingerprint density at radius 1 is 1.11 bits per heavy atom. The molecule has 2 nitrogen and oxygen atoms in total. The topological polar surface area (TPSA) is 38.9 Å². The third kappa shape index (κ3) is 3.77. The molecule has 1 atom stereocenters. The molecule has 1 aromatic carbocycles. The fourth-order valence-electron chi connectivity index (χ4n) is 2.58. The Balaban J connectivity index is 1.99. The number of aromatic nitrogens is 1. The van der Waals surface area contributed by atoms with Gasteiger partial charge in [0.15, 0.2) is 0 Å². The zero-order chi connectivity index (χ0) is 13.5. The molecule has 1 unspecified atom stereocenters. The van der Waals surface area contributed by atoms with Gasteiger partial charge in [-0.15, -0.1) is 0 Å². The molecular weight excluding hydrogens is 232 g/mol. The first-order valence-electron chi connectivity index (χ1n) is 7.41. The highest BCUT2D eigenvalue weighted by molar-refractivity contribution is 5.85. The van der Waals surface area contributed by atoms with E-state index in [2.05, 4.69) is 30.1 Å². The minimum atomic E-state index is 0.134. The van der Waals surface area contributed by atoms with E-state index in [9.17, 15) is 0 Å². The van der Waals surface area contributed by atoms with Gasteiger partial charge in [-0.25, -0.2) is 0 Å². The zero-order valence-corrected chi connectivity index (χ0v) is 11.8. The molecule has 2 N–H and O–H groups in total. The molecule has 0 radical (unpaired) electrons. The van der Waals surface area contributed by atoms with Gasteiger partial charge in [-0.3, -0.25) is 4.98 Å². The minimum absolute atomic E-state index is 0.134. The first-order valence-corrected chi connectivity index (χ1v) is 7.41. The molecule has 102 valence electrons. The maximum absolute atomic E-state index is 6.35. The monoisotopic (exact) mass is 256 g/mol. The lowest BCUT2D eigenvalue weighted by Gasteiger charge is -2.14. The van der Waals surface area contributed by atoms with Crippen molar-refractivity contribution in [3.8, 4) is 0 Å². The van der Waals surface area contributed by atoms with Crippen molar-refractivity contribution in [2.75, 3.05) is 0 Å². The second-order valence-corrected chi connectivity index (χ2v) is 5.25. The summed E-state index contributed by atoms with van der Waals surface area (Å²) in [5, 5.41) is 2.43. The van der Waals surface area contributed by atoms with E-state index in [1.54, 1.807) is 0 Å². The van der Waals surface area contributed by atoms with Crippen LogP contribution in [0.25, 0.3) is 10.8 Å². The molecular formula is C17H24N2. The number of benzene rings is 1. The predicted octanol–water partition coefficient (Wildman–Crippen LogP) is 4.60. The summed E-state index contributed by atoms with van der Waals surface area (Å²) in [5.74, 6) is 0. The van der Waals surface area contributed by atoms with Gasteiger partial charge >= 0.3 is 0 Å². The zero-order valence-electron chi connectivity index (χ0n) is 11.8. The predicted molar refractivity (Wildman–Crippen MR) is 82.0 cm³/mol. The van der Waals surface area contributed by atoms with E-state index in [0.29, 0.717) is 0 Å². The largest absolute Gasteiger partial charge is 0.324 e. The molecule has 0 aliphatic heterocycles. The van der Waals surface area contributed by atoms with Crippen LogP contribution < -0.4 is 5.73 Å². The summed E-state index contributed by atoms with van der Waals surface area (Å²) in [4.78, 5) is 4.22. The molecule has 0 aliphatic rings. The molecule has 0 saturated carbocycles. The fraction of sp³-hybridized carbons (Fsp3) is 0.471. The van der Waals surface area contributed by atoms with E-state index in [4.69, 9.17) is 5.73 Å². The summed E-state index contributed by atoms with van der Waals surface area (Å²) in [6.07, 6.45) is 11.3. The van der Waals surface area contributed by atoms with Crippen LogP contribution in [0.1, 0.15) is 57.1 Å². The smallest absolute Gasteiger partial charge is 0.0349 e. The van der Waals surface area contributed by atoms with Crippen molar-refractivity contribution < 1.29 is 0 Å². The molecule has 0 saturated heterocycles. The quantitative estimate of drug-likeness (QED) is 0.735. The Morgan fingerprint density at radius 3 is 2.79 bits per heavy atom. The third-order valence-corrected chi connectivity index (χ3v) is 3.74. The SMILES string of the molecule is CCCCCCCC(N)c1cccc2ccncc12. The number of nitrogens with two attached hydrogens (primary N) is 1. The summed E-state index contributed by atoms with van der Waals surface area (Å²) in [5.41, 5.74) is 7.59. The van der Waals surface area contributed by atoms with E-state index in [-0.39, 0.29) is 6.04 Å². The Morgan fingerprint density at radius 2 is 1.95 bits per heavy atom. The number of hydrogen-bond acceptors (Lipinski definition) is 2. The lowest BCUT2D eigenvalue weighted by molar-refractivity contribution is 0.557. The standard InChI is InChI=1S/C17H24N2/c1-2-3-4-5-6-10-17(18)15-9-7-8-14-11-12-19-13-16(14)15/h7-9,11-13,17H,2-6,10,18H2,1H3. The Hall–Kier alpha value is -1.41. The highest BCUT2D eigenvalue weighted by Crippen LogP contribution is 2.25. The lowest BCUT2D eigenvalue weighted by atomic mass is 9.96. The maximum Gasteiger partial charge on any atom is 0.0349 e. The average Bonchev–Trinajstić information content (AvgIpc) is 2.46. The van der Waals surface area contributed by atoms with Crippen LogP contribution in [0.3, 0.4) is 0 Å². The van der Waals surface area contributed by atoms with Crippen molar-refractivity contribution in [3.63, 3.8) is 0 Å². The summed E-state index contributed by atoms with van der Waals surface area (Å²) in [7, 11) is 0. The summed E-state index contributed by atoms with van der Waals surface area (Å²) in [6, 6.07) is 8.53. The molecule has 0 spiro atoms. The first kappa shape index (κ1) is 14.0. The van der Waals surface area contributed by atoms with Gasteiger partial charge in [0.2, 0.25) is 0 Å². The highest BCUT2D eigenvalue weighted by atomic mass is 14.6. The number of fused-ring (bicyclic) bond motifs is 1. The van der Waals surface area contributed by atoms with Gasteiger partial charge in [0.1, 0.15) is 0 Å². The third-order valence-electron chi connectivity index (χ3n) is 3.74. The number of rotatable bonds is 7. The molecule has 2 aromatic rings. The Kier molecular flexibility index (Phi) is 5.34. The van der Waals surface area contributed by atoms with Crippen molar-refractivity contribution in [1.82, 2.24) is 4.98 Å². The molecule has 2 heteroatoms. The van der Waals surface area contributed by atoms with Crippen LogP contribution in [-0.2, 0) is 0 Å².